The van der Waals surface area contributed by atoms with Crippen LogP contribution in [0.1, 0.15) is 34.1 Å². The van der Waals surface area contributed by atoms with Gasteiger partial charge in [-0.3, -0.25) is 9.80 Å². The topological polar surface area (TPSA) is 15.7 Å². The molecular formula is C13H30N2OSi. The summed E-state index contributed by atoms with van der Waals surface area (Å²) in [6.45, 7) is 13.7. The fraction of sp³-hybridized carbons (Fsp3) is 0.846. The van der Waals surface area contributed by atoms with Gasteiger partial charge in [0.1, 0.15) is 0 Å². The van der Waals surface area contributed by atoms with Crippen LogP contribution >= 0.6 is 0 Å². The first kappa shape index (κ1) is 16.8. The van der Waals surface area contributed by atoms with Crippen molar-refractivity contribution in [3.8, 4) is 0 Å². The molecule has 102 valence electrons. The molecule has 0 saturated carbocycles. The van der Waals surface area contributed by atoms with Crippen LogP contribution in [-0.2, 0) is 4.74 Å². The monoisotopic (exact) mass is 258 g/mol. The summed E-state index contributed by atoms with van der Waals surface area (Å²) in [4.78, 5) is 4.74. The van der Waals surface area contributed by atoms with Crippen molar-refractivity contribution in [1.82, 2.24) is 9.80 Å². The fourth-order valence-electron chi connectivity index (χ4n) is 1.92. The van der Waals surface area contributed by atoms with E-state index in [-0.39, 0.29) is 6.35 Å². The van der Waals surface area contributed by atoms with Gasteiger partial charge < -0.3 is 4.74 Å². The molecule has 17 heavy (non-hydrogen) atoms. The summed E-state index contributed by atoms with van der Waals surface area (Å²) in [5.74, 6) is 0. The molecule has 0 aromatic rings. The molecule has 0 aliphatic heterocycles. The third-order valence-electron chi connectivity index (χ3n) is 3.04. The minimum absolute atomic E-state index is 0.141. The fourth-order valence-corrected chi connectivity index (χ4v) is 2.26. The molecule has 0 heterocycles. The van der Waals surface area contributed by atoms with Crippen molar-refractivity contribution < 1.29 is 4.74 Å². The highest BCUT2D eigenvalue weighted by molar-refractivity contribution is 6.16. The molecule has 4 heteroatoms. The lowest BCUT2D eigenvalue weighted by Gasteiger charge is -2.37. The summed E-state index contributed by atoms with van der Waals surface area (Å²) in [6.07, 6.45) is 3.39. The first-order valence-electron chi connectivity index (χ1n) is 6.95. The smallest absolute Gasteiger partial charge is 0.168 e. The highest BCUT2D eigenvalue weighted by Gasteiger charge is 2.21. The predicted octanol–water partition coefficient (Wildman–Crippen LogP) is 1.24. The van der Waals surface area contributed by atoms with Crippen molar-refractivity contribution in [2.45, 2.75) is 40.5 Å². The van der Waals surface area contributed by atoms with Crippen LogP contribution in [0, 0.1) is 0 Å². The maximum Gasteiger partial charge on any atom is 0.168 e. The molecule has 0 aliphatic carbocycles. The van der Waals surface area contributed by atoms with Gasteiger partial charge in [-0.05, 0) is 32.6 Å². The number of rotatable bonds is 10. The highest BCUT2D eigenvalue weighted by Crippen LogP contribution is 2.08. The summed E-state index contributed by atoms with van der Waals surface area (Å²) in [5, 5.41) is 0. The van der Waals surface area contributed by atoms with Crippen molar-refractivity contribution >= 4 is 10.2 Å². The average molecular weight is 258 g/mol. The van der Waals surface area contributed by atoms with E-state index in [1.54, 1.807) is 0 Å². The van der Waals surface area contributed by atoms with E-state index >= 15 is 0 Å². The van der Waals surface area contributed by atoms with Crippen molar-refractivity contribution in [2.24, 2.45) is 0 Å². The van der Waals surface area contributed by atoms with Gasteiger partial charge in [0.15, 0.2) is 6.35 Å². The van der Waals surface area contributed by atoms with E-state index in [2.05, 4.69) is 49.3 Å². The molecule has 0 rings (SSSR count). The molecule has 0 amide bonds. The Morgan fingerprint density at radius 1 is 1.00 bits per heavy atom. The third kappa shape index (κ3) is 6.36. The standard InChI is InChI=1S/C13H30N2OSi/c1-5-14(6-2)13(15(7-3)8-4)16-11-9-10-12-17/h10,12-13H,5-9,11H2,1-4,17H3. The van der Waals surface area contributed by atoms with E-state index < -0.39 is 0 Å². The van der Waals surface area contributed by atoms with Crippen LogP contribution in [0.4, 0.5) is 0 Å². The van der Waals surface area contributed by atoms with E-state index in [4.69, 9.17) is 4.74 Å². The van der Waals surface area contributed by atoms with Crippen molar-refractivity contribution in [3.63, 3.8) is 0 Å². The highest BCUT2D eigenvalue weighted by atomic mass is 28.1. The third-order valence-corrected chi connectivity index (χ3v) is 3.51. The number of hydrogen-bond acceptors (Lipinski definition) is 3. The molecule has 0 unspecified atom stereocenters. The lowest BCUT2D eigenvalue weighted by atomic mass is 10.4. The van der Waals surface area contributed by atoms with Crippen molar-refractivity contribution in [1.29, 1.82) is 0 Å². The largest absolute Gasteiger partial charge is 0.349 e. The summed E-state index contributed by atoms with van der Waals surface area (Å²) < 4.78 is 6.05. The lowest BCUT2D eigenvalue weighted by Crippen LogP contribution is -2.50. The van der Waals surface area contributed by atoms with Gasteiger partial charge in [-0.15, -0.1) is 5.70 Å². The van der Waals surface area contributed by atoms with Crippen LogP contribution < -0.4 is 0 Å². The van der Waals surface area contributed by atoms with E-state index in [1.807, 2.05) is 0 Å². The Kier molecular flexibility index (Phi) is 10.9. The maximum absolute atomic E-state index is 6.05. The van der Waals surface area contributed by atoms with Crippen LogP contribution in [0.2, 0.25) is 0 Å². The number of hydrogen-bond donors (Lipinski definition) is 0. The molecular weight excluding hydrogens is 228 g/mol. The lowest BCUT2D eigenvalue weighted by molar-refractivity contribution is -0.147. The van der Waals surface area contributed by atoms with Crippen LogP contribution in [0.3, 0.4) is 0 Å². The zero-order chi connectivity index (χ0) is 13.1. The Morgan fingerprint density at radius 3 is 1.82 bits per heavy atom. The van der Waals surface area contributed by atoms with Crippen LogP contribution in [0.5, 0.6) is 0 Å². The molecule has 0 aromatic heterocycles. The molecule has 0 N–H and O–H groups in total. The molecule has 0 bridgehead atoms. The van der Waals surface area contributed by atoms with Crippen LogP contribution in [0.25, 0.3) is 0 Å². The van der Waals surface area contributed by atoms with Gasteiger partial charge in [-0.25, -0.2) is 0 Å². The molecule has 0 fully saturated rings. The van der Waals surface area contributed by atoms with Gasteiger partial charge in [0, 0.05) is 10.2 Å². The summed E-state index contributed by atoms with van der Waals surface area (Å²) in [7, 11) is 1.14. The number of ether oxygens (including phenoxy) is 1. The Labute approximate surface area is 110 Å². The van der Waals surface area contributed by atoms with Gasteiger partial charge in [-0.2, -0.15) is 0 Å². The summed E-state index contributed by atoms with van der Waals surface area (Å²) in [6, 6.07) is 0. The minimum atomic E-state index is 0.141. The Bertz CT molecular complexity index is 180. The molecule has 0 saturated heterocycles. The maximum atomic E-state index is 6.05. The summed E-state index contributed by atoms with van der Waals surface area (Å²) >= 11 is 0. The first-order valence-corrected chi connectivity index (χ1v) is 8.11. The quantitative estimate of drug-likeness (QED) is 0.333. The normalized spacial score (nSPS) is 12.6. The minimum Gasteiger partial charge on any atom is -0.349 e. The zero-order valence-electron chi connectivity index (χ0n) is 12.3. The number of nitrogens with zero attached hydrogens (tertiary/aromatic N) is 2. The van der Waals surface area contributed by atoms with Crippen LogP contribution in [0.15, 0.2) is 11.8 Å². The second kappa shape index (κ2) is 11.0. The predicted molar refractivity (Wildman–Crippen MR) is 79.3 cm³/mol. The molecule has 0 spiro atoms. The molecule has 0 aromatic carbocycles. The molecule has 0 aliphatic rings. The van der Waals surface area contributed by atoms with E-state index in [0.717, 1.165) is 49.4 Å². The van der Waals surface area contributed by atoms with Crippen LogP contribution in [-0.4, -0.2) is 59.2 Å². The van der Waals surface area contributed by atoms with E-state index in [1.165, 1.54) is 0 Å². The first-order chi connectivity index (χ1) is 8.24. The van der Waals surface area contributed by atoms with Gasteiger partial charge >= 0.3 is 0 Å². The SMILES string of the molecule is CCN(CC)C(OCCC=C[SiH3])N(CC)CC. The second-order valence-corrected chi connectivity index (χ2v) is 4.66. The van der Waals surface area contributed by atoms with Gasteiger partial charge in [0.2, 0.25) is 0 Å². The molecule has 0 atom stereocenters. The van der Waals surface area contributed by atoms with Gasteiger partial charge in [-0.1, -0.05) is 33.8 Å². The van der Waals surface area contributed by atoms with Crippen molar-refractivity contribution in [3.05, 3.63) is 11.8 Å². The Morgan fingerprint density at radius 2 is 1.47 bits per heavy atom. The van der Waals surface area contributed by atoms with E-state index in [0.29, 0.717) is 0 Å². The van der Waals surface area contributed by atoms with Gasteiger partial charge in [0.05, 0.1) is 6.61 Å². The van der Waals surface area contributed by atoms with Gasteiger partial charge in [0.25, 0.3) is 0 Å². The Balaban J connectivity index is 4.37. The molecule has 0 radical (unpaired) electrons. The van der Waals surface area contributed by atoms with Crippen molar-refractivity contribution in [2.75, 3.05) is 32.8 Å². The average Bonchev–Trinajstić information content (AvgIpc) is 2.36. The second-order valence-electron chi connectivity index (χ2n) is 4.00. The molecule has 3 nitrogen and oxygen atoms in total. The summed E-state index contributed by atoms with van der Waals surface area (Å²) in [5.41, 5.74) is 2.22. The van der Waals surface area contributed by atoms with E-state index in [9.17, 15) is 0 Å². The Hall–Kier alpha value is -0.163. The zero-order valence-corrected chi connectivity index (χ0v) is 14.3.